The molecule has 0 bridgehead atoms. The number of benzene rings is 1. The number of fused-ring (bicyclic) bond motifs is 2. The van der Waals surface area contributed by atoms with E-state index in [4.69, 9.17) is 0 Å². The number of aromatic hydroxyl groups is 1. The molecular formula is C18H18N4O4S2. The van der Waals surface area contributed by atoms with Gasteiger partial charge in [0.15, 0.2) is 11.6 Å². The fourth-order valence-electron chi connectivity index (χ4n) is 3.40. The number of hydrogen-bond acceptors (Lipinski definition) is 8. The van der Waals surface area contributed by atoms with Crippen LogP contribution in [0.5, 0.6) is 5.75 Å². The third-order valence-corrected chi connectivity index (χ3v) is 7.36. The molecule has 8 nitrogen and oxygen atoms in total. The Morgan fingerprint density at radius 2 is 2.04 bits per heavy atom. The number of nitrogens with one attached hydrogen (secondary N) is 2. The third kappa shape index (κ3) is 2.60. The number of rotatable bonds is 3. The molecule has 1 aromatic carbocycles. The molecule has 5 rings (SSSR count). The molecule has 0 unspecified atom stereocenters. The van der Waals surface area contributed by atoms with Crippen LogP contribution < -0.4 is 16.3 Å². The van der Waals surface area contributed by atoms with Crippen LogP contribution in [0.15, 0.2) is 49.8 Å². The summed E-state index contributed by atoms with van der Waals surface area (Å²) in [4.78, 5) is 13.5. The third-order valence-electron chi connectivity index (χ3n) is 5.06. The molecule has 0 amide bonds. The van der Waals surface area contributed by atoms with E-state index < -0.39 is 16.3 Å². The number of para-hydroxylation sites is 1. The zero-order valence-electron chi connectivity index (χ0n) is 14.6. The number of thiophene rings is 1. The maximum atomic E-state index is 13.3. The molecular weight excluding hydrogens is 400 g/mol. The van der Waals surface area contributed by atoms with Crippen LogP contribution in [-0.2, 0) is 0 Å². The van der Waals surface area contributed by atoms with Gasteiger partial charge in [0, 0.05) is 6.04 Å². The van der Waals surface area contributed by atoms with Gasteiger partial charge in [-0.15, -0.1) is 15.7 Å². The molecule has 2 aliphatic rings. The monoisotopic (exact) mass is 418 g/mol. The Balaban J connectivity index is 1.71. The summed E-state index contributed by atoms with van der Waals surface area (Å²) in [5.74, 6) is -0.275. The predicted octanol–water partition coefficient (Wildman–Crippen LogP) is 3.76. The summed E-state index contributed by atoms with van der Waals surface area (Å²) in [6.45, 7) is 0. The van der Waals surface area contributed by atoms with Crippen molar-refractivity contribution in [2.75, 3.05) is 10.7 Å². The number of pyridine rings is 1. The van der Waals surface area contributed by atoms with Crippen LogP contribution in [0.25, 0.3) is 10.2 Å². The SMILES string of the molecule is O=c1c(C2=NS(O)(O)c3ccccc3N2)c(O)c2sccc2n1NC1CCC1. The average molecular weight is 419 g/mol. The molecule has 146 valence electrons. The zero-order chi connectivity index (χ0) is 19.5. The van der Waals surface area contributed by atoms with Crippen molar-refractivity contribution in [2.24, 2.45) is 4.40 Å². The van der Waals surface area contributed by atoms with Gasteiger partial charge in [0.25, 0.3) is 5.56 Å². The molecule has 1 aliphatic carbocycles. The molecule has 1 aliphatic heterocycles. The van der Waals surface area contributed by atoms with Gasteiger partial charge in [0.2, 0.25) is 0 Å². The summed E-state index contributed by atoms with van der Waals surface area (Å²) in [6, 6.07) is 8.62. The second-order valence-corrected chi connectivity index (χ2v) is 9.41. The summed E-state index contributed by atoms with van der Waals surface area (Å²) in [7, 11) is -3.49. The summed E-state index contributed by atoms with van der Waals surface area (Å²) in [6.07, 6.45) is 3.05. The first-order valence-corrected chi connectivity index (χ1v) is 11.2. The summed E-state index contributed by atoms with van der Waals surface area (Å²) in [5.41, 5.74) is 3.67. The Bertz CT molecular complexity index is 1180. The lowest BCUT2D eigenvalue weighted by Crippen LogP contribution is -2.42. The van der Waals surface area contributed by atoms with Gasteiger partial charge in [-0.05, 0) is 42.8 Å². The predicted molar refractivity (Wildman–Crippen MR) is 112 cm³/mol. The van der Waals surface area contributed by atoms with Gasteiger partial charge in [0.05, 0.1) is 15.9 Å². The van der Waals surface area contributed by atoms with Crippen molar-refractivity contribution in [1.82, 2.24) is 4.68 Å². The van der Waals surface area contributed by atoms with Gasteiger partial charge in [-0.3, -0.25) is 13.9 Å². The Morgan fingerprint density at radius 1 is 1.25 bits per heavy atom. The molecule has 5 N–H and O–H groups in total. The Labute approximate surface area is 165 Å². The van der Waals surface area contributed by atoms with Gasteiger partial charge < -0.3 is 15.8 Å². The fourth-order valence-corrected chi connectivity index (χ4v) is 5.39. The smallest absolute Gasteiger partial charge is 0.284 e. The Morgan fingerprint density at radius 3 is 2.79 bits per heavy atom. The van der Waals surface area contributed by atoms with Crippen molar-refractivity contribution in [1.29, 1.82) is 0 Å². The normalized spacial score (nSPS) is 19.3. The van der Waals surface area contributed by atoms with Gasteiger partial charge in [-0.2, -0.15) is 0 Å². The maximum Gasteiger partial charge on any atom is 0.284 e. The summed E-state index contributed by atoms with van der Waals surface area (Å²) in [5, 5.41) is 15.6. The van der Waals surface area contributed by atoms with E-state index in [2.05, 4.69) is 15.1 Å². The highest BCUT2D eigenvalue weighted by Crippen LogP contribution is 2.55. The largest absolute Gasteiger partial charge is 0.505 e. The highest BCUT2D eigenvalue weighted by molar-refractivity contribution is 8.23. The number of aromatic nitrogens is 1. The van der Waals surface area contributed by atoms with E-state index in [0.717, 1.165) is 19.3 Å². The first-order valence-electron chi connectivity index (χ1n) is 8.82. The van der Waals surface area contributed by atoms with Crippen LogP contribution in [0.1, 0.15) is 24.8 Å². The van der Waals surface area contributed by atoms with E-state index in [0.29, 0.717) is 15.9 Å². The Kier molecular flexibility index (Phi) is 3.91. The highest BCUT2D eigenvalue weighted by atomic mass is 32.3. The van der Waals surface area contributed by atoms with E-state index >= 15 is 0 Å². The van der Waals surface area contributed by atoms with Gasteiger partial charge in [0.1, 0.15) is 10.5 Å². The second kappa shape index (κ2) is 6.24. The number of nitrogens with zero attached hydrogens (tertiary/aromatic N) is 2. The van der Waals surface area contributed by atoms with Crippen LogP contribution in [-0.4, -0.2) is 30.8 Å². The summed E-state index contributed by atoms with van der Waals surface area (Å²) >= 11 is 1.30. The lowest BCUT2D eigenvalue weighted by molar-refractivity contribution is 0.414. The minimum atomic E-state index is -3.49. The maximum absolute atomic E-state index is 13.3. The minimum Gasteiger partial charge on any atom is -0.505 e. The molecule has 0 saturated heterocycles. The first-order chi connectivity index (χ1) is 13.5. The quantitative estimate of drug-likeness (QED) is 0.442. The van der Waals surface area contributed by atoms with Gasteiger partial charge in [-0.1, -0.05) is 22.9 Å². The lowest BCUT2D eigenvalue weighted by atomic mass is 9.94. The molecule has 2 aromatic heterocycles. The molecule has 28 heavy (non-hydrogen) atoms. The average Bonchev–Trinajstić information content (AvgIpc) is 3.10. The minimum absolute atomic E-state index is 0.0549. The second-order valence-electron chi connectivity index (χ2n) is 6.84. The van der Waals surface area contributed by atoms with E-state index in [1.807, 2.05) is 0 Å². The highest BCUT2D eigenvalue weighted by Gasteiger charge is 2.31. The van der Waals surface area contributed by atoms with Crippen LogP contribution in [0.2, 0.25) is 0 Å². The fraction of sp³-hybridized carbons (Fsp3) is 0.222. The molecule has 0 radical (unpaired) electrons. The van der Waals surface area contributed by atoms with Crippen molar-refractivity contribution in [3.05, 3.63) is 51.6 Å². The molecule has 3 heterocycles. The standard InChI is InChI=1S/C18H18N4O4S2/c23-15-14(17-19-11-6-1-2-7-13(11)28(25,26)21-17)18(24)22(20-10-4-3-5-10)12-8-9-27-16(12)15/h1-2,6-10,20,23,25-26H,3-5H2,(H,19,21). The number of hydrogen-bond donors (Lipinski definition) is 5. The molecule has 3 aromatic rings. The van der Waals surface area contributed by atoms with Crippen molar-refractivity contribution in [2.45, 2.75) is 30.2 Å². The molecule has 0 atom stereocenters. The number of amidine groups is 1. The van der Waals surface area contributed by atoms with Crippen LogP contribution in [0.4, 0.5) is 5.69 Å². The van der Waals surface area contributed by atoms with E-state index in [-0.39, 0.29) is 28.1 Å². The van der Waals surface area contributed by atoms with Crippen LogP contribution in [0, 0.1) is 0 Å². The van der Waals surface area contributed by atoms with Gasteiger partial charge in [-0.25, -0.2) is 4.68 Å². The van der Waals surface area contributed by atoms with Crippen LogP contribution in [0.3, 0.4) is 0 Å². The van der Waals surface area contributed by atoms with Crippen molar-refractivity contribution in [3.8, 4) is 5.75 Å². The van der Waals surface area contributed by atoms with E-state index in [1.54, 1.807) is 35.7 Å². The first kappa shape index (κ1) is 17.6. The van der Waals surface area contributed by atoms with Crippen molar-refractivity contribution >= 4 is 43.9 Å². The summed E-state index contributed by atoms with van der Waals surface area (Å²) < 4.78 is 26.9. The topological polar surface area (TPSA) is 119 Å². The number of anilines is 1. The lowest BCUT2D eigenvalue weighted by Gasteiger charge is -2.34. The zero-order valence-corrected chi connectivity index (χ0v) is 16.3. The molecule has 1 saturated carbocycles. The van der Waals surface area contributed by atoms with E-state index in [9.17, 15) is 19.0 Å². The molecule has 10 heteroatoms. The van der Waals surface area contributed by atoms with E-state index in [1.165, 1.54) is 16.0 Å². The molecule has 0 spiro atoms. The van der Waals surface area contributed by atoms with Crippen molar-refractivity contribution in [3.63, 3.8) is 0 Å². The van der Waals surface area contributed by atoms with Gasteiger partial charge >= 0.3 is 0 Å². The molecule has 1 fully saturated rings. The van der Waals surface area contributed by atoms with Crippen LogP contribution >= 0.6 is 22.1 Å². The van der Waals surface area contributed by atoms with Crippen molar-refractivity contribution < 1.29 is 14.2 Å². The Hall–Kier alpha value is -2.53.